The molecule has 7 aromatic carbocycles. The number of benzene rings is 7. The lowest BCUT2D eigenvalue weighted by atomic mass is 9.84. The van der Waals surface area contributed by atoms with E-state index in [9.17, 15) is 38.0 Å². The highest BCUT2D eigenvalue weighted by atomic mass is 79.9. The van der Waals surface area contributed by atoms with E-state index in [0.29, 0.717) is 137 Å². The van der Waals surface area contributed by atoms with Crippen LogP contribution in [0.3, 0.4) is 0 Å². The number of hydrogen-bond acceptors (Lipinski definition) is 9. The van der Waals surface area contributed by atoms with Gasteiger partial charge in [0.1, 0.15) is 0 Å². The molecule has 7 amide bonds. The van der Waals surface area contributed by atoms with E-state index >= 15 is 0 Å². The fraction of sp³-hybridized carbons (Fsp3) is 0.573. The van der Waals surface area contributed by atoms with Gasteiger partial charge in [-0.15, -0.1) is 13.2 Å². The molecule has 7 aliphatic heterocycles. The zero-order valence-corrected chi connectivity index (χ0v) is 92.4. The summed E-state index contributed by atoms with van der Waals surface area (Å²) in [6.07, 6.45) is 19.6. The molecule has 7 aromatic rings. The number of allylic oxidation sites excluding steroid dienone is 2. The van der Waals surface area contributed by atoms with Crippen LogP contribution in [0.5, 0.6) is 0 Å². The lowest BCUT2D eigenvalue weighted by Gasteiger charge is -2.27. The van der Waals surface area contributed by atoms with Gasteiger partial charge < -0.3 is 44.5 Å². The summed E-state index contributed by atoms with van der Waals surface area (Å²) >= 11 is 3.36. The summed E-state index contributed by atoms with van der Waals surface area (Å²) in [6.45, 7) is 59.0. The molecule has 7 saturated heterocycles. The van der Waals surface area contributed by atoms with Crippen LogP contribution >= 0.6 is 15.9 Å². The quantitative estimate of drug-likeness (QED) is 0.0288. The second-order valence-corrected chi connectivity index (χ2v) is 45.9. The first-order valence-electron chi connectivity index (χ1n) is 53.7. The van der Waals surface area contributed by atoms with Crippen LogP contribution in [0, 0.1) is 82.3 Å². The third-order valence-corrected chi connectivity index (χ3v) is 29.1. The number of alkyl halides is 2. The summed E-state index contributed by atoms with van der Waals surface area (Å²) < 4.78 is 12.3. The molecule has 0 radical (unpaired) electrons. The molecule has 0 bridgehead atoms. The lowest BCUT2D eigenvalue weighted by molar-refractivity contribution is -0.130. The molecule has 782 valence electrons. The van der Waals surface area contributed by atoms with Crippen LogP contribution < -0.4 is 0 Å². The van der Waals surface area contributed by atoms with Crippen LogP contribution in [0.2, 0.25) is 0 Å². The van der Waals surface area contributed by atoms with Gasteiger partial charge in [-0.25, -0.2) is 0 Å². The van der Waals surface area contributed by atoms with Gasteiger partial charge in [-0.2, -0.15) is 0 Å². The van der Waals surface area contributed by atoms with Crippen molar-refractivity contribution in [3.8, 4) is 0 Å². The van der Waals surface area contributed by atoms with E-state index in [1.807, 2.05) is 181 Å². The summed E-state index contributed by atoms with van der Waals surface area (Å²) in [4.78, 5) is 99.7. The molecule has 18 heteroatoms. The molecule has 0 spiro atoms. The number of rotatable bonds is 35. The molecular formula is C124H183BrFN7O9. The second-order valence-electron chi connectivity index (χ2n) is 44.3. The van der Waals surface area contributed by atoms with Gasteiger partial charge in [-0.3, -0.25) is 38.0 Å². The highest BCUT2D eigenvalue weighted by Crippen LogP contribution is 2.41. The molecule has 14 rings (SSSR count). The monoisotopic (exact) mass is 2010 g/mol. The normalized spacial score (nSPS) is 21.3. The molecular weight excluding hydrogens is 1830 g/mol. The van der Waals surface area contributed by atoms with E-state index < -0.39 is 0 Å². The van der Waals surface area contributed by atoms with Crippen molar-refractivity contribution in [1.82, 2.24) is 34.3 Å². The maximum atomic E-state index is 12.3. The SMILES string of the molecule is C=CCC(C)Br.C=CCC(C)C[C@H]1CC(=O)N([C@@H](C)c2ccccc2)C1.CC(C)C.CC(C)C[C@H]1CC(=O)N([C@@H](C)c2ccccc2)C1.CC(CCF)C[C@H]1CC(=O)N([C@@H](C)c2ccccc2)C1.CC(CCO)C[C@H]1CC(=O)N([C@@H](C)c2ccccc2)C1.CC(CO)C[C@H]1CC(=O)N([C@@H](C)c2ccccc2)C1.CC[C@H]1CC(=O)N([C@@H](C)c2ccccc2)C1.C[C@@H](c1ccccc1)N1C[C@@H](CC(C)(C)C)CC1=O. The average Bonchev–Trinajstić information content (AvgIpc) is 2.16. The largest absolute Gasteiger partial charge is 0.396 e. The zero-order chi connectivity index (χ0) is 105. The summed E-state index contributed by atoms with van der Waals surface area (Å²) in [5.74, 6) is 8.58. The summed E-state index contributed by atoms with van der Waals surface area (Å²) in [5.41, 5.74) is 8.78. The third kappa shape index (κ3) is 42.4. The Kier molecular flexibility index (Phi) is 54.5. The van der Waals surface area contributed by atoms with Crippen LogP contribution in [-0.4, -0.2) is 156 Å². The average molecular weight is 2010 g/mol. The Balaban J connectivity index is 0.000000250. The Morgan fingerprint density at radius 3 is 0.732 bits per heavy atom. The Morgan fingerprint density at radius 2 is 0.535 bits per heavy atom. The fourth-order valence-electron chi connectivity index (χ4n) is 21.0. The van der Waals surface area contributed by atoms with Gasteiger partial charge >= 0.3 is 0 Å². The summed E-state index contributed by atoms with van der Waals surface area (Å²) in [5, 5.41) is 18.1. The number of aliphatic hydroxyl groups excluding tert-OH is 2. The van der Waals surface area contributed by atoms with E-state index in [4.69, 9.17) is 10.2 Å². The second kappa shape index (κ2) is 63.8. The maximum Gasteiger partial charge on any atom is 0.223 e. The van der Waals surface area contributed by atoms with Gasteiger partial charge in [0, 0.05) is 109 Å². The van der Waals surface area contributed by atoms with Gasteiger partial charge in [0.05, 0.1) is 49.0 Å². The molecule has 0 aliphatic carbocycles. The highest BCUT2D eigenvalue weighted by molar-refractivity contribution is 9.09. The minimum absolute atomic E-state index is 0.130. The first-order valence-corrected chi connectivity index (χ1v) is 54.6. The van der Waals surface area contributed by atoms with E-state index in [2.05, 4.69) is 252 Å². The van der Waals surface area contributed by atoms with Crippen LogP contribution in [0.15, 0.2) is 238 Å². The number of carbonyl (C=O) groups excluding carboxylic acids is 7. The van der Waals surface area contributed by atoms with Crippen molar-refractivity contribution < 1.29 is 48.2 Å². The molecule has 19 atom stereocenters. The molecule has 142 heavy (non-hydrogen) atoms. The highest BCUT2D eigenvalue weighted by Gasteiger charge is 2.41. The smallest absolute Gasteiger partial charge is 0.223 e. The number of carbonyl (C=O) groups is 7. The number of hydrogen-bond donors (Lipinski definition) is 2. The standard InChI is InChI=1S/C18H25NO.C17H24FNO.C17H25NO2.C17H25NO.C16H23NO2.C16H23NO.C14H19NO.C5H9Br.C4H10/c1-4-8-14(2)11-16-12-18(20)19(13-16)15(3)17-9-6-5-7-10-17;1-13(8-9-18)10-15-11-17(20)19(12-15)14(2)16-6-4-3-5-7-16;1-13(8-9-19)10-15-11-17(20)18(12-15)14(2)16-6-4-3-5-7-16;1-13(15-8-6-5-7-9-15)18-12-14(10-16(18)19)11-17(2,3)4;1-12(11-18)8-14-9-16(19)17(10-14)13(2)15-6-4-3-5-7-15;1-12(2)9-14-10-16(18)17(11-14)13(3)15-7-5-4-6-8-15;1-3-12-9-14(16)15(10-12)11(2)13-7-5-4-6-8-13;1-3-4-5(2)6;1-4(2)3/h4-7,9-10,14-16H,1,8,11-13H2,2-3H3;3-7,13-15H,8-12H2,1-2H3;3-7,13-15,19H,8-12H2,1-2H3;5-9,13-14H,10-12H2,1-4H3;3-7,12-14,18H,8-11H2,1-2H3;4-8,12-14H,9-11H2,1-3H3;4-8,11-12H,3,9-10H2,1-2H3;3,5H,1,4H2,2H3;4H,1-3H3/t14?,15-,16-;2*13?,14-,15-;13-,14+;12?,13-,14-;13-,14-;11-,12-;;/m0000000../s1. The Labute approximate surface area is 866 Å². The molecule has 0 aromatic heterocycles. The van der Waals surface area contributed by atoms with E-state index in [1.54, 1.807) is 0 Å². The Morgan fingerprint density at radius 1 is 0.324 bits per heavy atom. The maximum absolute atomic E-state index is 12.3. The van der Waals surface area contributed by atoms with E-state index in [1.165, 1.54) is 38.9 Å². The van der Waals surface area contributed by atoms with Crippen LogP contribution in [-0.2, 0) is 33.6 Å². The van der Waals surface area contributed by atoms with Gasteiger partial charge in [0.25, 0.3) is 0 Å². The van der Waals surface area contributed by atoms with Gasteiger partial charge in [-0.1, -0.05) is 344 Å². The Hall–Kier alpha value is -9.36. The van der Waals surface area contributed by atoms with Crippen LogP contribution in [0.1, 0.15) is 342 Å². The summed E-state index contributed by atoms with van der Waals surface area (Å²) in [7, 11) is 0. The number of amides is 7. The van der Waals surface area contributed by atoms with Gasteiger partial charge in [0.15, 0.2) is 0 Å². The predicted octanol–water partition coefficient (Wildman–Crippen LogP) is 28.5. The minimum atomic E-state index is -0.258. The molecule has 16 nitrogen and oxygen atoms in total. The Bertz CT molecular complexity index is 4650. The van der Waals surface area contributed by atoms with E-state index in [0.717, 1.165) is 129 Å². The summed E-state index contributed by atoms with van der Waals surface area (Å²) in [6, 6.07) is 72.9. The number of halogens is 2. The van der Waals surface area contributed by atoms with Crippen LogP contribution in [0.4, 0.5) is 4.39 Å². The molecule has 5 unspecified atom stereocenters. The molecule has 0 saturated carbocycles. The van der Waals surface area contributed by atoms with Crippen molar-refractivity contribution in [2.45, 2.75) is 308 Å². The van der Waals surface area contributed by atoms with Gasteiger partial charge in [-0.05, 0) is 234 Å². The molecule has 2 N–H and O–H groups in total. The van der Waals surface area contributed by atoms with Crippen molar-refractivity contribution in [3.63, 3.8) is 0 Å². The molecule has 7 fully saturated rings. The number of likely N-dealkylation sites (tertiary alicyclic amines) is 7. The lowest BCUT2D eigenvalue weighted by Crippen LogP contribution is -2.28. The molecule has 7 aliphatic rings. The fourth-order valence-corrected chi connectivity index (χ4v) is 21.3. The zero-order valence-electron chi connectivity index (χ0n) is 90.8. The van der Waals surface area contributed by atoms with Crippen molar-refractivity contribution in [2.24, 2.45) is 82.3 Å². The van der Waals surface area contributed by atoms with Gasteiger partial charge in [0.2, 0.25) is 41.4 Å². The predicted molar refractivity (Wildman–Crippen MR) is 590 cm³/mol. The molecule has 7 heterocycles. The van der Waals surface area contributed by atoms with Crippen LogP contribution in [0.25, 0.3) is 0 Å². The number of aliphatic hydroxyl groups is 2. The number of nitrogens with zero attached hydrogens (tertiary/aromatic N) is 7. The van der Waals surface area contributed by atoms with Crippen molar-refractivity contribution in [3.05, 3.63) is 277 Å². The van der Waals surface area contributed by atoms with Crippen molar-refractivity contribution in [2.75, 3.05) is 65.7 Å². The minimum Gasteiger partial charge on any atom is -0.396 e. The topological polar surface area (TPSA) is 183 Å². The first kappa shape index (κ1) is 121. The van der Waals surface area contributed by atoms with E-state index in [-0.39, 0.29) is 85.8 Å². The van der Waals surface area contributed by atoms with Crippen molar-refractivity contribution in [1.29, 1.82) is 0 Å². The first-order chi connectivity index (χ1) is 67.6. The third-order valence-electron chi connectivity index (χ3n) is 28.7. The van der Waals surface area contributed by atoms with Crippen molar-refractivity contribution >= 4 is 57.3 Å².